The van der Waals surface area contributed by atoms with Crippen LogP contribution in [0.15, 0.2) is 0 Å². The molecule has 130 valence electrons. The van der Waals surface area contributed by atoms with Gasteiger partial charge in [-0.25, -0.2) is 4.79 Å². The van der Waals surface area contributed by atoms with Crippen LogP contribution in [0.4, 0.5) is 4.79 Å². The van der Waals surface area contributed by atoms with Crippen molar-refractivity contribution < 1.29 is 14.3 Å². The number of hydrogen-bond donors (Lipinski definition) is 0. The highest BCUT2D eigenvalue weighted by atomic mass is 16.6. The number of likely N-dealkylation sites (tertiary alicyclic amines) is 2. The minimum atomic E-state index is -0.523. The number of amides is 2. The zero-order chi connectivity index (χ0) is 16.6. The third-order valence-electron chi connectivity index (χ3n) is 5.40. The number of carbonyl (C=O) groups excluding carboxylic acids is 2. The van der Waals surface area contributed by atoms with Gasteiger partial charge in [-0.1, -0.05) is 12.8 Å². The van der Waals surface area contributed by atoms with Gasteiger partial charge in [0.25, 0.3) is 0 Å². The van der Waals surface area contributed by atoms with Gasteiger partial charge < -0.3 is 9.64 Å². The molecule has 0 N–H and O–H groups in total. The molecule has 5 nitrogen and oxygen atoms in total. The summed E-state index contributed by atoms with van der Waals surface area (Å²) in [6.07, 6.45) is 7.18. The van der Waals surface area contributed by atoms with E-state index in [2.05, 4.69) is 0 Å². The molecule has 23 heavy (non-hydrogen) atoms. The minimum Gasteiger partial charge on any atom is -0.444 e. The van der Waals surface area contributed by atoms with Crippen molar-refractivity contribution in [3.63, 3.8) is 0 Å². The van der Waals surface area contributed by atoms with Gasteiger partial charge in [0.15, 0.2) is 0 Å². The summed E-state index contributed by atoms with van der Waals surface area (Å²) in [5.41, 5.74) is -0.523. The van der Waals surface area contributed by atoms with E-state index in [1.165, 1.54) is 6.42 Å². The van der Waals surface area contributed by atoms with Gasteiger partial charge in [0.2, 0.25) is 5.91 Å². The molecule has 2 aliphatic heterocycles. The Morgan fingerprint density at radius 1 is 1.00 bits per heavy atom. The lowest BCUT2D eigenvalue weighted by Crippen LogP contribution is -2.51. The Kier molecular flexibility index (Phi) is 4.56. The Morgan fingerprint density at radius 2 is 1.65 bits per heavy atom. The normalized spacial score (nSPS) is 31.2. The fourth-order valence-corrected chi connectivity index (χ4v) is 4.41. The number of nitrogens with zero attached hydrogens (tertiary/aromatic N) is 2. The number of ether oxygens (including phenoxy) is 1. The van der Waals surface area contributed by atoms with E-state index < -0.39 is 5.60 Å². The molecule has 0 spiro atoms. The van der Waals surface area contributed by atoms with Crippen molar-refractivity contribution in [3.05, 3.63) is 0 Å². The molecule has 0 radical (unpaired) electrons. The van der Waals surface area contributed by atoms with Crippen molar-refractivity contribution in [1.29, 1.82) is 0 Å². The molecule has 3 rings (SSSR count). The van der Waals surface area contributed by atoms with E-state index in [0.29, 0.717) is 5.92 Å². The topological polar surface area (TPSA) is 49.9 Å². The van der Waals surface area contributed by atoms with Crippen LogP contribution in [0.3, 0.4) is 0 Å². The maximum atomic E-state index is 12.9. The second-order valence-electron chi connectivity index (χ2n) is 8.28. The molecule has 0 aromatic rings. The summed E-state index contributed by atoms with van der Waals surface area (Å²) >= 11 is 0. The highest BCUT2D eigenvalue weighted by molar-refractivity contribution is 5.87. The molecule has 3 aliphatic rings. The molecule has 0 aromatic carbocycles. The number of hydrogen-bond acceptors (Lipinski definition) is 3. The summed E-state index contributed by atoms with van der Waals surface area (Å²) in [7, 11) is 0. The standard InChI is InChI=1S/C18H30N2O3/c1-18(2,3)23-17(22)20-14-9-5-4-8-13(14)12-15(20)16(21)19-10-6-7-11-19/h13-15H,4-12H2,1-3H3/t13-,14-,15-/m0/s1. The summed E-state index contributed by atoms with van der Waals surface area (Å²) in [5, 5.41) is 0. The molecule has 0 aromatic heterocycles. The first-order chi connectivity index (χ1) is 10.9. The van der Waals surface area contributed by atoms with E-state index in [0.717, 1.165) is 51.6 Å². The number of fused-ring (bicyclic) bond motifs is 1. The van der Waals surface area contributed by atoms with E-state index in [9.17, 15) is 9.59 Å². The van der Waals surface area contributed by atoms with Crippen LogP contribution in [-0.2, 0) is 9.53 Å². The molecule has 5 heteroatoms. The molecule has 2 amide bonds. The molecule has 3 atom stereocenters. The molecule has 1 aliphatic carbocycles. The van der Waals surface area contributed by atoms with Gasteiger partial charge in [-0.15, -0.1) is 0 Å². The second-order valence-corrected chi connectivity index (χ2v) is 8.28. The number of rotatable bonds is 1. The van der Waals surface area contributed by atoms with Crippen LogP contribution in [0.25, 0.3) is 0 Å². The minimum absolute atomic E-state index is 0.141. The molecule has 2 saturated heterocycles. The predicted octanol–water partition coefficient (Wildman–Crippen LogP) is 3.18. The highest BCUT2D eigenvalue weighted by Crippen LogP contribution is 2.41. The zero-order valence-corrected chi connectivity index (χ0v) is 14.7. The van der Waals surface area contributed by atoms with Crippen LogP contribution >= 0.6 is 0 Å². The fourth-order valence-electron chi connectivity index (χ4n) is 4.41. The fraction of sp³-hybridized carbons (Fsp3) is 0.889. The average molecular weight is 322 g/mol. The average Bonchev–Trinajstić information content (AvgIpc) is 3.12. The number of carbonyl (C=O) groups is 2. The SMILES string of the molecule is CC(C)(C)OC(=O)N1[C@H](C(=O)N2CCCC2)C[C@@H]2CCCC[C@@H]21. The van der Waals surface area contributed by atoms with E-state index in [1.807, 2.05) is 25.7 Å². The van der Waals surface area contributed by atoms with Gasteiger partial charge in [-0.05, 0) is 58.8 Å². The van der Waals surface area contributed by atoms with Crippen LogP contribution in [0.2, 0.25) is 0 Å². The van der Waals surface area contributed by atoms with Crippen molar-refractivity contribution in [2.45, 2.75) is 83.4 Å². The van der Waals surface area contributed by atoms with E-state index >= 15 is 0 Å². The van der Waals surface area contributed by atoms with Crippen LogP contribution in [-0.4, -0.2) is 52.6 Å². The van der Waals surface area contributed by atoms with Crippen molar-refractivity contribution >= 4 is 12.0 Å². The molecular formula is C18H30N2O3. The molecule has 0 bridgehead atoms. The van der Waals surface area contributed by atoms with E-state index in [1.54, 1.807) is 4.90 Å². The van der Waals surface area contributed by atoms with Gasteiger partial charge in [0.05, 0.1) is 0 Å². The van der Waals surface area contributed by atoms with Gasteiger partial charge in [0, 0.05) is 19.1 Å². The van der Waals surface area contributed by atoms with E-state index in [-0.39, 0.29) is 24.1 Å². The van der Waals surface area contributed by atoms with E-state index in [4.69, 9.17) is 4.74 Å². The molecule has 0 unspecified atom stereocenters. The quantitative estimate of drug-likeness (QED) is 0.745. The highest BCUT2D eigenvalue weighted by Gasteiger charge is 2.49. The molecule has 3 fully saturated rings. The third-order valence-corrected chi connectivity index (χ3v) is 5.40. The Balaban J connectivity index is 1.80. The Labute approximate surface area is 139 Å². The molecular weight excluding hydrogens is 292 g/mol. The lowest BCUT2D eigenvalue weighted by Gasteiger charge is -2.35. The summed E-state index contributed by atoms with van der Waals surface area (Å²) in [6, 6.07) is -0.119. The Bertz CT molecular complexity index is 465. The Morgan fingerprint density at radius 3 is 2.30 bits per heavy atom. The van der Waals surface area contributed by atoms with Crippen LogP contribution in [0, 0.1) is 5.92 Å². The first-order valence-electron chi connectivity index (χ1n) is 9.17. The van der Waals surface area contributed by atoms with Crippen molar-refractivity contribution in [3.8, 4) is 0 Å². The zero-order valence-electron chi connectivity index (χ0n) is 14.7. The van der Waals surface area contributed by atoms with Crippen molar-refractivity contribution in [1.82, 2.24) is 9.80 Å². The first-order valence-corrected chi connectivity index (χ1v) is 9.17. The van der Waals surface area contributed by atoms with Gasteiger partial charge in [0.1, 0.15) is 11.6 Å². The van der Waals surface area contributed by atoms with Gasteiger partial charge in [-0.3, -0.25) is 9.69 Å². The molecule has 2 heterocycles. The largest absolute Gasteiger partial charge is 0.444 e. The van der Waals surface area contributed by atoms with Crippen molar-refractivity contribution in [2.75, 3.05) is 13.1 Å². The molecule has 1 saturated carbocycles. The van der Waals surface area contributed by atoms with Gasteiger partial charge >= 0.3 is 6.09 Å². The van der Waals surface area contributed by atoms with Crippen LogP contribution in [0.5, 0.6) is 0 Å². The second kappa shape index (κ2) is 6.33. The Hall–Kier alpha value is -1.26. The van der Waals surface area contributed by atoms with Crippen molar-refractivity contribution in [2.24, 2.45) is 5.92 Å². The van der Waals surface area contributed by atoms with Crippen LogP contribution in [0.1, 0.15) is 65.7 Å². The van der Waals surface area contributed by atoms with Crippen LogP contribution < -0.4 is 0 Å². The maximum absolute atomic E-state index is 12.9. The maximum Gasteiger partial charge on any atom is 0.411 e. The summed E-state index contributed by atoms with van der Waals surface area (Å²) in [4.78, 5) is 29.5. The first kappa shape index (κ1) is 16.6. The smallest absolute Gasteiger partial charge is 0.411 e. The third kappa shape index (κ3) is 3.48. The summed E-state index contributed by atoms with van der Waals surface area (Å²) < 4.78 is 5.63. The monoisotopic (exact) mass is 322 g/mol. The van der Waals surface area contributed by atoms with Gasteiger partial charge in [-0.2, -0.15) is 0 Å². The summed E-state index contributed by atoms with van der Waals surface area (Å²) in [6.45, 7) is 7.34. The predicted molar refractivity (Wildman–Crippen MR) is 88.0 cm³/mol. The lowest BCUT2D eigenvalue weighted by molar-refractivity contribution is -0.135. The summed E-state index contributed by atoms with van der Waals surface area (Å²) in [5.74, 6) is 0.607. The lowest BCUT2D eigenvalue weighted by atomic mass is 9.85.